The molecule has 0 spiro atoms. The molecule has 7 nitrogen and oxygen atoms in total. The van der Waals surface area contributed by atoms with Crippen molar-refractivity contribution < 1.29 is 32.2 Å². The molecular formula is C17H20O7S. The molecule has 0 unspecified atom stereocenters. The number of ether oxygens (including phenoxy) is 3. The van der Waals surface area contributed by atoms with Gasteiger partial charge in [-0.15, -0.1) is 0 Å². The highest BCUT2D eigenvalue weighted by atomic mass is 32.2. The molecule has 136 valence electrons. The van der Waals surface area contributed by atoms with Gasteiger partial charge in [-0.3, -0.25) is 9.59 Å². The van der Waals surface area contributed by atoms with Crippen molar-refractivity contribution in [3.05, 3.63) is 42.0 Å². The van der Waals surface area contributed by atoms with Crippen LogP contribution in [-0.4, -0.2) is 44.6 Å². The predicted octanol–water partition coefficient (Wildman–Crippen LogP) is 1.54. The third-order valence-corrected chi connectivity index (χ3v) is 5.35. The second-order valence-corrected chi connectivity index (χ2v) is 7.69. The number of aryl methyl sites for hydroxylation is 1. The highest BCUT2D eigenvalue weighted by Gasteiger charge is 2.37. The van der Waals surface area contributed by atoms with Crippen LogP contribution in [0.3, 0.4) is 0 Å². The van der Waals surface area contributed by atoms with Crippen LogP contribution in [0.25, 0.3) is 0 Å². The average molecular weight is 368 g/mol. The van der Waals surface area contributed by atoms with E-state index in [0.717, 1.165) is 5.56 Å². The van der Waals surface area contributed by atoms with Crippen molar-refractivity contribution in [2.75, 3.05) is 6.61 Å². The van der Waals surface area contributed by atoms with Crippen LogP contribution < -0.4 is 0 Å². The fourth-order valence-electron chi connectivity index (χ4n) is 2.30. The van der Waals surface area contributed by atoms with Crippen molar-refractivity contribution >= 4 is 21.8 Å². The number of benzene rings is 1. The molecule has 0 radical (unpaired) electrons. The Bertz CT molecular complexity index is 765. The van der Waals surface area contributed by atoms with E-state index in [1.807, 2.05) is 6.92 Å². The number of hydrogen-bond donors (Lipinski definition) is 0. The van der Waals surface area contributed by atoms with Crippen LogP contribution in [0.5, 0.6) is 0 Å². The molecule has 0 bridgehead atoms. The molecule has 0 saturated heterocycles. The molecule has 0 aromatic heterocycles. The van der Waals surface area contributed by atoms with Gasteiger partial charge in [0, 0.05) is 13.8 Å². The fraction of sp³-hybridized carbons (Fsp3) is 0.412. The maximum Gasteiger partial charge on any atom is 0.303 e. The minimum Gasteiger partial charge on any atom is -0.463 e. The lowest BCUT2D eigenvalue weighted by molar-refractivity contribution is -0.160. The summed E-state index contributed by atoms with van der Waals surface area (Å²) in [5.41, 5.74) is -0.329. The number of carbonyl (C=O) groups excluding carboxylic acids is 2. The number of sulfone groups is 1. The van der Waals surface area contributed by atoms with Gasteiger partial charge in [0.15, 0.2) is 5.44 Å². The molecule has 1 aliphatic rings. The molecule has 25 heavy (non-hydrogen) atoms. The molecular weight excluding hydrogens is 348 g/mol. The van der Waals surface area contributed by atoms with Gasteiger partial charge < -0.3 is 14.2 Å². The number of hydrogen-bond acceptors (Lipinski definition) is 7. The zero-order valence-electron chi connectivity index (χ0n) is 14.2. The molecule has 3 atom stereocenters. The minimum absolute atomic E-state index is 0.116. The smallest absolute Gasteiger partial charge is 0.303 e. The first-order valence-electron chi connectivity index (χ1n) is 7.65. The zero-order chi connectivity index (χ0) is 18.6. The van der Waals surface area contributed by atoms with E-state index in [2.05, 4.69) is 0 Å². The molecule has 1 aromatic carbocycles. The third kappa shape index (κ3) is 4.90. The van der Waals surface area contributed by atoms with Crippen molar-refractivity contribution in [1.29, 1.82) is 0 Å². The molecule has 0 amide bonds. The van der Waals surface area contributed by atoms with Gasteiger partial charge in [0.25, 0.3) is 0 Å². The van der Waals surface area contributed by atoms with Gasteiger partial charge in [-0.2, -0.15) is 0 Å². The topological polar surface area (TPSA) is 96.0 Å². The monoisotopic (exact) mass is 368 g/mol. The van der Waals surface area contributed by atoms with Crippen molar-refractivity contribution in [3.63, 3.8) is 0 Å². The van der Waals surface area contributed by atoms with Gasteiger partial charge in [-0.25, -0.2) is 8.42 Å². The van der Waals surface area contributed by atoms with Crippen molar-refractivity contribution in [2.45, 2.75) is 43.3 Å². The van der Waals surface area contributed by atoms with Crippen LogP contribution in [0.15, 0.2) is 41.3 Å². The van der Waals surface area contributed by atoms with E-state index >= 15 is 0 Å². The van der Waals surface area contributed by atoms with Crippen LogP contribution in [0.1, 0.15) is 19.4 Å². The standard InChI is InChI=1S/C17H20O7S/c1-11-4-6-14(7-5-11)25(20,21)17-9-8-15(23-13(3)19)16(24-17)10-22-12(2)18/h4-9,15-17H,10H2,1-3H3/t15-,16+,17+/m0/s1. The van der Waals surface area contributed by atoms with E-state index in [-0.39, 0.29) is 11.5 Å². The van der Waals surface area contributed by atoms with Crippen molar-refractivity contribution in [1.82, 2.24) is 0 Å². The lowest BCUT2D eigenvalue weighted by Crippen LogP contribution is -2.43. The maximum atomic E-state index is 12.7. The van der Waals surface area contributed by atoms with E-state index in [0.29, 0.717) is 0 Å². The summed E-state index contributed by atoms with van der Waals surface area (Å²) < 4.78 is 41.0. The van der Waals surface area contributed by atoms with Crippen molar-refractivity contribution in [3.8, 4) is 0 Å². The number of rotatable bonds is 5. The van der Waals surface area contributed by atoms with Gasteiger partial charge in [-0.1, -0.05) is 17.7 Å². The summed E-state index contributed by atoms with van der Waals surface area (Å²) in [6, 6.07) is 6.39. The van der Waals surface area contributed by atoms with E-state index in [4.69, 9.17) is 14.2 Å². The SMILES string of the molecule is CC(=O)OC[C@H]1O[C@H](S(=O)(=O)c2ccc(C)cc2)C=C[C@@H]1OC(C)=O. The minimum atomic E-state index is -3.79. The summed E-state index contributed by atoms with van der Waals surface area (Å²) in [6.45, 7) is 4.08. The lowest BCUT2D eigenvalue weighted by atomic mass is 10.1. The Kier molecular flexibility index (Phi) is 5.97. The van der Waals surface area contributed by atoms with E-state index in [1.54, 1.807) is 12.1 Å². The third-order valence-electron chi connectivity index (χ3n) is 3.54. The lowest BCUT2D eigenvalue weighted by Gasteiger charge is -2.31. The Morgan fingerprint density at radius 1 is 1.08 bits per heavy atom. The average Bonchev–Trinajstić information content (AvgIpc) is 2.53. The zero-order valence-corrected chi connectivity index (χ0v) is 15.0. The first-order valence-corrected chi connectivity index (χ1v) is 9.19. The molecule has 8 heteroatoms. The van der Waals surface area contributed by atoms with E-state index in [9.17, 15) is 18.0 Å². The molecule has 0 aliphatic carbocycles. The van der Waals surface area contributed by atoms with Gasteiger partial charge in [0.1, 0.15) is 18.8 Å². The first kappa shape index (κ1) is 19.1. The summed E-state index contributed by atoms with van der Waals surface area (Å²) in [6.07, 6.45) is 1.02. The molecule has 1 aliphatic heterocycles. The number of carbonyl (C=O) groups is 2. The quantitative estimate of drug-likeness (QED) is 0.574. The molecule has 1 heterocycles. The molecule has 0 fully saturated rings. The van der Waals surface area contributed by atoms with E-state index < -0.39 is 39.4 Å². The highest BCUT2D eigenvalue weighted by Crippen LogP contribution is 2.25. The summed E-state index contributed by atoms with van der Waals surface area (Å²) in [5.74, 6) is -1.09. The normalized spacial score (nSPS) is 23.1. The van der Waals surface area contributed by atoms with E-state index in [1.165, 1.54) is 38.1 Å². The molecule has 0 saturated carbocycles. The van der Waals surface area contributed by atoms with Gasteiger partial charge >= 0.3 is 11.9 Å². The Morgan fingerprint density at radius 2 is 1.72 bits per heavy atom. The second kappa shape index (κ2) is 7.79. The van der Waals surface area contributed by atoms with Crippen LogP contribution in [0, 0.1) is 6.92 Å². The first-order chi connectivity index (χ1) is 11.7. The molecule has 1 aromatic rings. The largest absolute Gasteiger partial charge is 0.463 e. The van der Waals surface area contributed by atoms with Gasteiger partial charge in [-0.05, 0) is 31.2 Å². The summed E-state index contributed by atoms with van der Waals surface area (Å²) in [4.78, 5) is 22.3. The number of esters is 2. The van der Waals surface area contributed by atoms with Crippen LogP contribution >= 0.6 is 0 Å². The maximum absolute atomic E-state index is 12.7. The highest BCUT2D eigenvalue weighted by molar-refractivity contribution is 7.92. The summed E-state index contributed by atoms with van der Waals surface area (Å²) in [5, 5.41) is 0. The van der Waals surface area contributed by atoms with Gasteiger partial charge in [0.2, 0.25) is 9.84 Å². The molecule has 0 N–H and O–H groups in total. The fourth-order valence-corrected chi connectivity index (χ4v) is 3.67. The summed E-state index contributed by atoms with van der Waals surface area (Å²) >= 11 is 0. The van der Waals surface area contributed by atoms with Crippen LogP contribution in [0.2, 0.25) is 0 Å². The van der Waals surface area contributed by atoms with Crippen LogP contribution in [-0.2, 0) is 33.6 Å². The Hall–Kier alpha value is -2.19. The Balaban J connectivity index is 2.25. The summed E-state index contributed by atoms with van der Waals surface area (Å²) in [7, 11) is -3.79. The Labute approximate surface area is 146 Å². The Morgan fingerprint density at radius 3 is 2.28 bits per heavy atom. The van der Waals surface area contributed by atoms with Gasteiger partial charge in [0.05, 0.1) is 4.90 Å². The van der Waals surface area contributed by atoms with Crippen LogP contribution in [0.4, 0.5) is 0 Å². The predicted molar refractivity (Wildman–Crippen MR) is 88.4 cm³/mol. The molecule has 2 rings (SSSR count). The second-order valence-electron chi connectivity index (χ2n) is 5.66. The van der Waals surface area contributed by atoms with Crippen molar-refractivity contribution in [2.24, 2.45) is 0 Å².